The van der Waals surface area contributed by atoms with Crippen LogP contribution in [0.5, 0.6) is 0 Å². The Morgan fingerprint density at radius 3 is 2.29 bits per heavy atom. The minimum absolute atomic E-state index is 0.167. The molecule has 0 aromatic carbocycles. The topological polar surface area (TPSA) is 60.7 Å². The maximum atomic E-state index is 11.7. The molecule has 0 heterocycles. The lowest BCUT2D eigenvalue weighted by Crippen LogP contribution is -2.62. The fourth-order valence-corrected chi connectivity index (χ4v) is 9.34. The Bertz CT molecular complexity index is 564. The molecule has 4 saturated carbocycles. The molecule has 162 valence electrons. The number of rotatable bonds is 4. The van der Waals surface area contributed by atoms with E-state index in [9.17, 15) is 15.3 Å². The van der Waals surface area contributed by atoms with E-state index in [0.29, 0.717) is 58.9 Å². The minimum atomic E-state index is -0.199. The molecule has 4 rings (SSSR count). The van der Waals surface area contributed by atoms with Crippen LogP contribution >= 0.6 is 0 Å². The summed E-state index contributed by atoms with van der Waals surface area (Å²) in [5.41, 5.74) is 0.617. The largest absolute Gasteiger partial charge is 0.396 e. The van der Waals surface area contributed by atoms with Crippen LogP contribution in [0.4, 0.5) is 0 Å². The van der Waals surface area contributed by atoms with Crippen molar-refractivity contribution >= 4 is 0 Å². The van der Waals surface area contributed by atoms with Crippen molar-refractivity contribution in [1.82, 2.24) is 0 Å². The molecule has 28 heavy (non-hydrogen) atoms. The van der Waals surface area contributed by atoms with E-state index >= 15 is 0 Å². The van der Waals surface area contributed by atoms with Gasteiger partial charge < -0.3 is 15.3 Å². The van der Waals surface area contributed by atoms with Gasteiger partial charge in [0.15, 0.2) is 0 Å². The van der Waals surface area contributed by atoms with Gasteiger partial charge in [-0.05, 0) is 104 Å². The third-order valence-corrected chi connectivity index (χ3v) is 10.7. The monoisotopic (exact) mass is 392 g/mol. The first-order valence-electron chi connectivity index (χ1n) is 12.2. The van der Waals surface area contributed by atoms with Crippen LogP contribution in [-0.4, -0.2) is 34.1 Å². The zero-order valence-electron chi connectivity index (χ0n) is 18.6. The third-order valence-electron chi connectivity index (χ3n) is 10.7. The van der Waals surface area contributed by atoms with Gasteiger partial charge in [-0.25, -0.2) is 0 Å². The van der Waals surface area contributed by atoms with Crippen molar-refractivity contribution in [1.29, 1.82) is 0 Å². The highest BCUT2D eigenvalue weighted by Crippen LogP contribution is 2.69. The predicted molar refractivity (Wildman–Crippen MR) is 113 cm³/mol. The lowest BCUT2D eigenvalue weighted by molar-refractivity contribution is -0.203. The van der Waals surface area contributed by atoms with Crippen LogP contribution in [0.15, 0.2) is 0 Å². The predicted octanol–water partition coefficient (Wildman–Crippen LogP) is 4.63. The Balaban J connectivity index is 1.67. The molecule has 4 aliphatic rings. The molecule has 0 amide bonds. The van der Waals surface area contributed by atoms with Gasteiger partial charge in [-0.15, -0.1) is 0 Å². The number of fused-ring (bicyclic) bond motifs is 5. The molecular formula is C25H44O3. The van der Waals surface area contributed by atoms with E-state index in [1.54, 1.807) is 0 Å². The minimum Gasteiger partial charge on any atom is -0.396 e. The SMILES string of the molecule is CC[C@@H]1C2C[C@H](O)CCC2(C)C2CC[C@@]3(C)C(CC[C@@H]3[C@H](C)CCO)C2[C@@H]1O. The second-order valence-corrected chi connectivity index (χ2v) is 11.6. The lowest BCUT2D eigenvalue weighted by atomic mass is 9.41. The first kappa shape index (κ1) is 21.1. The molecule has 0 radical (unpaired) electrons. The molecule has 0 spiro atoms. The van der Waals surface area contributed by atoms with Gasteiger partial charge in [0.1, 0.15) is 0 Å². The molecule has 0 saturated heterocycles. The maximum Gasteiger partial charge on any atom is 0.0605 e. The van der Waals surface area contributed by atoms with Crippen LogP contribution in [0.3, 0.4) is 0 Å². The van der Waals surface area contributed by atoms with E-state index in [1.165, 1.54) is 25.7 Å². The van der Waals surface area contributed by atoms with Gasteiger partial charge in [-0.1, -0.05) is 34.1 Å². The fourth-order valence-electron chi connectivity index (χ4n) is 9.34. The molecule has 4 fully saturated rings. The molecule has 5 unspecified atom stereocenters. The molecule has 0 aromatic heterocycles. The van der Waals surface area contributed by atoms with E-state index in [4.69, 9.17) is 0 Å². The van der Waals surface area contributed by atoms with Gasteiger partial charge in [-0.2, -0.15) is 0 Å². The zero-order chi connectivity index (χ0) is 20.3. The Labute approximate surface area is 172 Å². The first-order chi connectivity index (χ1) is 13.3. The highest BCUT2D eigenvalue weighted by Gasteiger charge is 2.64. The van der Waals surface area contributed by atoms with Crippen LogP contribution in [0.1, 0.15) is 85.5 Å². The van der Waals surface area contributed by atoms with E-state index in [-0.39, 0.29) is 12.2 Å². The molecule has 3 N–H and O–H groups in total. The molecule has 11 atom stereocenters. The summed E-state index contributed by atoms with van der Waals surface area (Å²) in [5.74, 6) is 3.78. The summed E-state index contributed by atoms with van der Waals surface area (Å²) in [6, 6.07) is 0. The molecule has 0 aromatic rings. The highest BCUT2D eigenvalue weighted by molar-refractivity contribution is 5.13. The number of hydrogen-bond donors (Lipinski definition) is 3. The summed E-state index contributed by atoms with van der Waals surface area (Å²) in [4.78, 5) is 0. The number of aliphatic hydroxyl groups excluding tert-OH is 3. The number of aliphatic hydroxyl groups is 3. The molecule has 4 aliphatic carbocycles. The normalized spacial score (nSPS) is 54.5. The summed E-state index contributed by atoms with van der Waals surface area (Å²) in [5, 5.41) is 31.6. The second kappa shape index (κ2) is 7.54. The van der Waals surface area contributed by atoms with E-state index in [0.717, 1.165) is 32.1 Å². The zero-order valence-corrected chi connectivity index (χ0v) is 18.6. The van der Waals surface area contributed by atoms with Crippen molar-refractivity contribution in [2.45, 2.75) is 97.7 Å². The van der Waals surface area contributed by atoms with Crippen molar-refractivity contribution in [3.05, 3.63) is 0 Å². The van der Waals surface area contributed by atoms with Crippen LogP contribution in [0.2, 0.25) is 0 Å². The van der Waals surface area contributed by atoms with Crippen LogP contribution in [0.25, 0.3) is 0 Å². The van der Waals surface area contributed by atoms with Crippen LogP contribution in [-0.2, 0) is 0 Å². The van der Waals surface area contributed by atoms with Crippen molar-refractivity contribution < 1.29 is 15.3 Å². The van der Waals surface area contributed by atoms with Gasteiger partial charge in [0.05, 0.1) is 12.2 Å². The van der Waals surface area contributed by atoms with Crippen molar-refractivity contribution in [3.63, 3.8) is 0 Å². The summed E-state index contributed by atoms with van der Waals surface area (Å²) < 4.78 is 0. The first-order valence-corrected chi connectivity index (χ1v) is 12.2. The van der Waals surface area contributed by atoms with Crippen LogP contribution < -0.4 is 0 Å². The summed E-state index contributed by atoms with van der Waals surface area (Å²) in [6.07, 6.45) is 9.62. The summed E-state index contributed by atoms with van der Waals surface area (Å²) in [7, 11) is 0. The Morgan fingerprint density at radius 2 is 1.61 bits per heavy atom. The van der Waals surface area contributed by atoms with Gasteiger partial charge in [0.25, 0.3) is 0 Å². The Hall–Kier alpha value is -0.120. The van der Waals surface area contributed by atoms with Crippen molar-refractivity contribution in [2.75, 3.05) is 6.61 Å². The third kappa shape index (κ3) is 2.94. The highest BCUT2D eigenvalue weighted by atomic mass is 16.3. The van der Waals surface area contributed by atoms with Crippen molar-refractivity contribution in [2.24, 2.45) is 52.3 Å². The van der Waals surface area contributed by atoms with Gasteiger partial charge in [0, 0.05) is 6.61 Å². The molecule has 3 heteroatoms. The fraction of sp³-hybridized carbons (Fsp3) is 1.00. The standard InChI is InChI=1S/C25H44O3/c1-5-17-21-14-16(27)8-11-25(21,4)20-9-12-24(3)18(15(2)10-13-26)6-7-19(24)22(20)23(17)28/h15-23,26-28H,5-14H2,1-4H3/t15-,16-,17-,18-,19?,20?,21?,22?,23-,24-,25?/m1/s1. The van der Waals surface area contributed by atoms with Gasteiger partial charge >= 0.3 is 0 Å². The van der Waals surface area contributed by atoms with E-state index in [1.807, 2.05) is 0 Å². The Morgan fingerprint density at radius 1 is 0.929 bits per heavy atom. The summed E-state index contributed by atoms with van der Waals surface area (Å²) in [6.45, 7) is 9.92. The van der Waals surface area contributed by atoms with Gasteiger partial charge in [-0.3, -0.25) is 0 Å². The second-order valence-electron chi connectivity index (χ2n) is 11.6. The van der Waals surface area contributed by atoms with Crippen molar-refractivity contribution in [3.8, 4) is 0 Å². The van der Waals surface area contributed by atoms with Crippen LogP contribution in [0, 0.1) is 52.3 Å². The molecular weight excluding hydrogens is 348 g/mol. The quantitative estimate of drug-likeness (QED) is 0.653. The van der Waals surface area contributed by atoms with E-state index < -0.39 is 0 Å². The maximum absolute atomic E-state index is 11.7. The molecule has 0 aliphatic heterocycles. The number of hydrogen-bond acceptors (Lipinski definition) is 3. The lowest BCUT2D eigenvalue weighted by Gasteiger charge is -2.64. The van der Waals surface area contributed by atoms with E-state index in [2.05, 4.69) is 27.7 Å². The Kier molecular flexibility index (Phi) is 5.69. The summed E-state index contributed by atoms with van der Waals surface area (Å²) >= 11 is 0. The smallest absolute Gasteiger partial charge is 0.0605 e. The molecule has 3 nitrogen and oxygen atoms in total. The molecule has 0 bridgehead atoms. The average Bonchev–Trinajstić information content (AvgIpc) is 3.01. The van der Waals surface area contributed by atoms with Gasteiger partial charge in [0.2, 0.25) is 0 Å². The average molecular weight is 393 g/mol.